The van der Waals surface area contributed by atoms with E-state index in [1.54, 1.807) is 24.4 Å². The molecule has 1 rings (SSSR count). The Morgan fingerprint density at radius 3 is 2.74 bits per heavy atom. The van der Waals surface area contributed by atoms with Crippen molar-refractivity contribution in [2.24, 2.45) is 0 Å². The van der Waals surface area contributed by atoms with Crippen LogP contribution in [-0.2, 0) is 4.79 Å². The molecule has 2 amide bonds. The highest BCUT2D eigenvalue weighted by molar-refractivity contribution is 7.10. The summed E-state index contributed by atoms with van der Waals surface area (Å²) in [6.45, 7) is 2.66. The monoisotopic (exact) mass is 286 g/mol. The summed E-state index contributed by atoms with van der Waals surface area (Å²) in [5.41, 5.74) is 0. The third-order valence-electron chi connectivity index (χ3n) is 2.60. The molecule has 19 heavy (non-hydrogen) atoms. The number of thiophene rings is 1. The second-order valence-electron chi connectivity index (χ2n) is 3.89. The number of carboxylic acids is 1. The number of aliphatic hydroxyl groups excluding tert-OH is 1. The number of carboxylic acid groups (broad SMARTS) is 1. The minimum Gasteiger partial charge on any atom is -0.479 e. The lowest BCUT2D eigenvalue weighted by Crippen LogP contribution is -2.44. The van der Waals surface area contributed by atoms with Gasteiger partial charge in [-0.15, -0.1) is 11.3 Å². The lowest BCUT2D eigenvalue weighted by atomic mass is 10.2. The molecule has 0 aliphatic rings. The predicted octanol–water partition coefficient (Wildman–Crippen LogP) is 1.29. The van der Waals surface area contributed by atoms with E-state index in [1.165, 1.54) is 16.2 Å². The van der Waals surface area contributed by atoms with Crippen LogP contribution in [0, 0.1) is 0 Å². The maximum Gasteiger partial charge on any atom is 0.331 e. The summed E-state index contributed by atoms with van der Waals surface area (Å²) in [5.74, 6) is -1.09. The highest BCUT2D eigenvalue weighted by Gasteiger charge is 2.24. The number of nitrogens with zero attached hydrogens (tertiary/aromatic N) is 1. The molecular formula is C12H18N2O4S. The van der Waals surface area contributed by atoms with Crippen LogP contribution in [0.1, 0.15) is 24.3 Å². The Bertz CT molecular complexity index is 408. The molecule has 0 aliphatic heterocycles. The van der Waals surface area contributed by atoms with Gasteiger partial charge in [-0.25, -0.2) is 9.59 Å². The zero-order chi connectivity index (χ0) is 14.3. The number of nitrogens with one attached hydrogen (secondary N) is 1. The van der Waals surface area contributed by atoms with E-state index in [2.05, 4.69) is 5.32 Å². The van der Waals surface area contributed by atoms with E-state index in [9.17, 15) is 9.59 Å². The van der Waals surface area contributed by atoms with Crippen LogP contribution in [0.15, 0.2) is 17.5 Å². The number of rotatable bonds is 7. The average Bonchev–Trinajstić information content (AvgIpc) is 2.90. The maximum atomic E-state index is 12.0. The number of carbonyl (C=O) groups is 2. The summed E-state index contributed by atoms with van der Waals surface area (Å²) >= 11 is 1.28. The normalized spacial score (nSPS) is 11.9. The molecule has 106 valence electrons. The molecule has 0 radical (unpaired) electrons. The minimum absolute atomic E-state index is 0.00291. The number of hydrogen-bond donors (Lipinski definition) is 3. The quantitative estimate of drug-likeness (QED) is 0.704. The van der Waals surface area contributed by atoms with Crippen molar-refractivity contribution in [3.8, 4) is 0 Å². The molecule has 0 saturated carbocycles. The van der Waals surface area contributed by atoms with Gasteiger partial charge in [0.15, 0.2) is 6.04 Å². The van der Waals surface area contributed by atoms with Gasteiger partial charge >= 0.3 is 12.0 Å². The van der Waals surface area contributed by atoms with Gasteiger partial charge in [0, 0.05) is 24.6 Å². The van der Waals surface area contributed by atoms with Crippen molar-refractivity contribution >= 4 is 23.3 Å². The molecule has 0 aromatic carbocycles. The fourth-order valence-electron chi connectivity index (χ4n) is 1.59. The van der Waals surface area contributed by atoms with Gasteiger partial charge in [0.1, 0.15) is 0 Å². The van der Waals surface area contributed by atoms with E-state index in [4.69, 9.17) is 10.2 Å². The summed E-state index contributed by atoms with van der Waals surface area (Å²) in [6, 6.07) is 1.95. The second kappa shape index (κ2) is 7.75. The van der Waals surface area contributed by atoms with Crippen LogP contribution in [-0.4, -0.2) is 46.8 Å². The van der Waals surface area contributed by atoms with Gasteiger partial charge in [0.2, 0.25) is 0 Å². The first-order chi connectivity index (χ1) is 9.10. The predicted molar refractivity (Wildman–Crippen MR) is 72.2 cm³/mol. The SMILES string of the molecule is CCN(CCCO)C(=O)NC(C(=O)O)c1cccs1. The zero-order valence-electron chi connectivity index (χ0n) is 10.7. The molecule has 0 saturated heterocycles. The Labute approximate surface area is 115 Å². The highest BCUT2D eigenvalue weighted by atomic mass is 32.1. The summed E-state index contributed by atoms with van der Waals surface area (Å²) in [6.07, 6.45) is 0.470. The van der Waals surface area contributed by atoms with Crippen LogP contribution in [0.3, 0.4) is 0 Å². The van der Waals surface area contributed by atoms with Crippen LogP contribution < -0.4 is 5.32 Å². The first-order valence-electron chi connectivity index (χ1n) is 6.02. The largest absolute Gasteiger partial charge is 0.479 e. The van der Waals surface area contributed by atoms with Gasteiger partial charge in [-0.2, -0.15) is 0 Å². The van der Waals surface area contributed by atoms with Gasteiger partial charge < -0.3 is 20.4 Å². The molecular weight excluding hydrogens is 268 g/mol. The standard InChI is InChI=1S/C12H18N2O4S/c1-2-14(6-4-7-15)12(18)13-10(11(16)17)9-5-3-8-19-9/h3,5,8,10,15H,2,4,6-7H2,1H3,(H,13,18)(H,16,17). The number of urea groups is 1. The van der Waals surface area contributed by atoms with Crippen LogP contribution in [0.5, 0.6) is 0 Å². The summed E-state index contributed by atoms with van der Waals surface area (Å²) in [5, 5.41) is 22.2. The van der Waals surface area contributed by atoms with Crippen LogP contribution in [0.25, 0.3) is 0 Å². The van der Waals surface area contributed by atoms with Gasteiger partial charge in [0.05, 0.1) is 0 Å². The van der Waals surface area contributed by atoms with Crippen molar-refractivity contribution in [3.05, 3.63) is 22.4 Å². The first kappa shape index (κ1) is 15.5. The van der Waals surface area contributed by atoms with Crippen molar-refractivity contribution in [1.29, 1.82) is 0 Å². The van der Waals surface area contributed by atoms with E-state index < -0.39 is 18.0 Å². The Hall–Kier alpha value is -1.60. The van der Waals surface area contributed by atoms with Gasteiger partial charge in [0.25, 0.3) is 0 Å². The Balaban J connectivity index is 2.68. The molecule has 3 N–H and O–H groups in total. The number of hydrogen-bond acceptors (Lipinski definition) is 4. The summed E-state index contributed by atoms with van der Waals surface area (Å²) in [7, 11) is 0. The Kier molecular flexibility index (Phi) is 6.31. The molecule has 7 heteroatoms. The van der Waals surface area contributed by atoms with E-state index in [-0.39, 0.29) is 6.61 Å². The smallest absolute Gasteiger partial charge is 0.331 e. The molecule has 1 heterocycles. The third kappa shape index (κ3) is 4.53. The van der Waals surface area contributed by atoms with E-state index >= 15 is 0 Å². The molecule has 1 aromatic rings. The van der Waals surface area contributed by atoms with Crippen LogP contribution in [0.4, 0.5) is 4.79 Å². The van der Waals surface area contributed by atoms with Crippen LogP contribution >= 0.6 is 11.3 Å². The Morgan fingerprint density at radius 1 is 1.53 bits per heavy atom. The van der Waals surface area contributed by atoms with E-state index in [0.717, 1.165) is 0 Å². The second-order valence-corrected chi connectivity index (χ2v) is 4.87. The average molecular weight is 286 g/mol. The fraction of sp³-hybridized carbons (Fsp3) is 0.500. The van der Waals surface area contributed by atoms with Gasteiger partial charge in [-0.05, 0) is 24.8 Å². The van der Waals surface area contributed by atoms with E-state index in [0.29, 0.717) is 24.4 Å². The molecule has 0 aliphatic carbocycles. The zero-order valence-corrected chi connectivity index (χ0v) is 11.5. The van der Waals surface area contributed by atoms with E-state index in [1.807, 2.05) is 0 Å². The first-order valence-corrected chi connectivity index (χ1v) is 6.90. The molecule has 1 unspecified atom stereocenters. The number of carbonyl (C=O) groups excluding carboxylic acids is 1. The third-order valence-corrected chi connectivity index (χ3v) is 3.53. The molecule has 0 fully saturated rings. The van der Waals surface area contributed by atoms with Gasteiger partial charge in [-0.1, -0.05) is 6.07 Å². The summed E-state index contributed by atoms with van der Waals surface area (Å²) < 4.78 is 0. The van der Waals surface area contributed by atoms with Crippen molar-refractivity contribution < 1.29 is 19.8 Å². The fourth-order valence-corrected chi connectivity index (χ4v) is 2.36. The summed E-state index contributed by atoms with van der Waals surface area (Å²) in [4.78, 5) is 25.2. The molecule has 1 atom stereocenters. The lowest BCUT2D eigenvalue weighted by molar-refractivity contribution is -0.139. The number of aliphatic hydroxyl groups is 1. The molecule has 0 bridgehead atoms. The number of aliphatic carboxylic acids is 1. The Morgan fingerprint density at radius 2 is 2.26 bits per heavy atom. The van der Waals surface area contributed by atoms with Crippen molar-refractivity contribution in [3.63, 3.8) is 0 Å². The molecule has 0 spiro atoms. The lowest BCUT2D eigenvalue weighted by Gasteiger charge is -2.23. The molecule has 6 nitrogen and oxygen atoms in total. The number of amides is 2. The molecule has 1 aromatic heterocycles. The van der Waals surface area contributed by atoms with Crippen molar-refractivity contribution in [2.45, 2.75) is 19.4 Å². The minimum atomic E-state index is -1.09. The van der Waals surface area contributed by atoms with Crippen LogP contribution in [0.2, 0.25) is 0 Å². The van der Waals surface area contributed by atoms with Crippen molar-refractivity contribution in [2.75, 3.05) is 19.7 Å². The van der Waals surface area contributed by atoms with Crippen molar-refractivity contribution in [1.82, 2.24) is 10.2 Å². The maximum absolute atomic E-state index is 12.0. The topological polar surface area (TPSA) is 89.9 Å². The highest BCUT2D eigenvalue weighted by Crippen LogP contribution is 2.19. The van der Waals surface area contributed by atoms with Gasteiger partial charge in [-0.3, -0.25) is 0 Å².